The van der Waals surface area contributed by atoms with E-state index in [4.69, 9.17) is 16.3 Å². The van der Waals surface area contributed by atoms with E-state index >= 15 is 0 Å². The van der Waals surface area contributed by atoms with Gasteiger partial charge in [0.1, 0.15) is 5.75 Å². The Labute approximate surface area is 149 Å². The number of fused-ring (bicyclic) bond motifs is 1. The Bertz CT molecular complexity index is 946. The van der Waals surface area contributed by atoms with Gasteiger partial charge in [0, 0.05) is 5.02 Å². The molecule has 6 nitrogen and oxygen atoms in total. The fraction of sp³-hybridized carbons (Fsp3) is 0.222. The number of imidazole rings is 1. The standard InChI is InChI=1S/C18H18ClN3O3/c1-10(12-3-8-15-16(9-12)22-18(24)21-15)20-17(23)11(2)25-14-6-4-13(19)5-7-14/h3-11H,1-2H3,(H,20,23)(H2,21,22,24). The van der Waals surface area contributed by atoms with Gasteiger partial charge in [-0.05, 0) is 55.8 Å². The zero-order valence-corrected chi connectivity index (χ0v) is 14.6. The molecule has 0 aliphatic carbocycles. The Kier molecular flexibility index (Phi) is 4.81. The summed E-state index contributed by atoms with van der Waals surface area (Å²) >= 11 is 5.83. The summed E-state index contributed by atoms with van der Waals surface area (Å²) in [7, 11) is 0. The lowest BCUT2D eigenvalue weighted by Gasteiger charge is -2.19. The van der Waals surface area contributed by atoms with Crippen molar-refractivity contribution in [3.8, 4) is 5.75 Å². The summed E-state index contributed by atoms with van der Waals surface area (Å²) in [6.07, 6.45) is -0.653. The third-order valence-corrected chi connectivity index (χ3v) is 4.15. The highest BCUT2D eigenvalue weighted by Crippen LogP contribution is 2.19. The molecule has 0 bridgehead atoms. The average molecular weight is 360 g/mol. The van der Waals surface area contributed by atoms with Gasteiger partial charge >= 0.3 is 5.69 Å². The van der Waals surface area contributed by atoms with E-state index in [1.54, 1.807) is 37.3 Å². The number of hydrogen-bond acceptors (Lipinski definition) is 3. The van der Waals surface area contributed by atoms with Crippen molar-refractivity contribution in [3.05, 3.63) is 63.5 Å². The highest BCUT2D eigenvalue weighted by molar-refractivity contribution is 6.30. The van der Waals surface area contributed by atoms with Crippen LogP contribution < -0.4 is 15.7 Å². The van der Waals surface area contributed by atoms with Gasteiger partial charge in [-0.3, -0.25) is 4.79 Å². The van der Waals surface area contributed by atoms with E-state index in [0.717, 1.165) is 11.1 Å². The second-order valence-corrected chi connectivity index (χ2v) is 6.26. The van der Waals surface area contributed by atoms with E-state index in [1.165, 1.54) is 0 Å². The fourth-order valence-corrected chi connectivity index (χ4v) is 2.63. The molecule has 1 aromatic heterocycles. The van der Waals surface area contributed by atoms with Crippen LogP contribution in [0.1, 0.15) is 25.5 Å². The first-order chi connectivity index (χ1) is 11.9. The summed E-state index contributed by atoms with van der Waals surface area (Å²) in [6.45, 7) is 3.56. The van der Waals surface area contributed by atoms with Crippen LogP contribution in [0.3, 0.4) is 0 Å². The highest BCUT2D eigenvalue weighted by Gasteiger charge is 2.18. The SMILES string of the molecule is CC(Oc1ccc(Cl)cc1)C(=O)NC(C)c1ccc2[nH]c(=O)[nH]c2c1. The van der Waals surface area contributed by atoms with Crippen LogP contribution in [-0.2, 0) is 4.79 Å². The van der Waals surface area contributed by atoms with Crippen LogP contribution in [0.25, 0.3) is 11.0 Å². The van der Waals surface area contributed by atoms with E-state index in [2.05, 4.69) is 15.3 Å². The normalized spacial score (nSPS) is 13.4. The highest BCUT2D eigenvalue weighted by atomic mass is 35.5. The minimum atomic E-state index is -0.653. The van der Waals surface area contributed by atoms with E-state index < -0.39 is 6.10 Å². The summed E-state index contributed by atoms with van der Waals surface area (Å²) < 4.78 is 5.62. The maximum atomic E-state index is 12.3. The van der Waals surface area contributed by atoms with Crippen molar-refractivity contribution in [1.82, 2.24) is 15.3 Å². The predicted octanol–water partition coefficient (Wildman–Crippen LogP) is 3.15. The van der Waals surface area contributed by atoms with Crippen molar-refractivity contribution in [2.75, 3.05) is 0 Å². The maximum absolute atomic E-state index is 12.3. The number of hydrogen-bond donors (Lipinski definition) is 3. The molecule has 0 saturated carbocycles. The Morgan fingerprint density at radius 1 is 1.08 bits per heavy atom. The average Bonchev–Trinajstić information content (AvgIpc) is 2.95. The van der Waals surface area contributed by atoms with Crippen LogP contribution in [0, 0.1) is 0 Å². The number of rotatable bonds is 5. The Morgan fingerprint density at radius 2 is 1.76 bits per heavy atom. The monoisotopic (exact) mass is 359 g/mol. The van der Waals surface area contributed by atoms with Gasteiger partial charge in [0.25, 0.3) is 5.91 Å². The smallest absolute Gasteiger partial charge is 0.323 e. The topological polar surface area (TPSA) is 87.0 Å². The minimum absolute atomic E-state index is 0.230. The molecule has 0 aliphatic heterocycles. The number of halogens is 1. The molecule has 0 fully saturated rings. The third-order valence-electron chi connectivity index (χ3n) is 3.89. The number of H-pyrrole nitrogens is 2. The summed E-state index contributed by atoms with van der Waals surface area (Å²) in [6, 6.07) is 12.1. The van der Waals surface area contributed by atoms with Gasteiger partial charge in [-0.25, -0.2) is 4.79 Å². The molecule has 0 radical (unpaired) electrons. The molecular formula is C18H18ClN3O3. The maximum Gasteiger partial charge on any atom is 0.323 e. The van der Waals surface area contributed by atoms with E-state index in [0.29, 0.717) is 16.3 Å². The van der Waals surface area contributed by atoms with Crippen molar-refractivity contribution in [2.45, 2.75) is 26.0 Å². The molecule has 3 N–H and O–H groups in total. The fourth-order valence-electron chi connectivity index (χ4n) is 2.50. The number of aromatic amines is 2. The summed E-state index contributed by atoms with van der Waals surface area (Å²) in [4.78, 5) is 29.1. The summed E-state index contributed by atoms with van der Waals surface area (Å²) in [5, 5.41) is 3.51. The number of ether oxygens (including phenoxy) is 1. The van der Waals surface area contributed by atoms with Crippen LogP contribution in [-0.4, -0.2) is 22.0 Å². The van der Waals surface area contributed by atoms with Crippen LogP contribution in [0.4, 0.5) is 0 Å². The number of amides is 1. The molecule has 0 spiro atoms. The minimum Gasteiger partial charge on any atom is -0.481 e. The van der Waals surface area contributed by atoms with Crippen LogP contribution in [0.2, 0.25) is 5.02 Å². The summed E-state index contributed by atoms with van der Waals surface area (Å²) in [5.74, 6) is 0.344. The van der Waals surface area contributed by atoms with Crippen molar-refractivity contribution >= 4 is 28.5 Å². The number of aromatic nitrogens is 2. The van der Waals surface area contributed by atoms with E-state index in [9.17, 15) is 9.59 Å². The van der Waals surface area contributed by atoms with Gasteiger partial charge < -0.3 is 20.0 Å². The van der Waals surface area contributed by atoms with Crippen molar-refractivity contribution in [3.63, 3.8) is 0 Å². The first-order valence-corrected chi connectivity index (χ1v) is 8.25. The number of carbonyl (C=O) groups excluding carboxylic acids is 1. The molecule has 3 aromatic rings. The van der Waals surface area contributed by atoms with Gasteiger partial charge in [0.15, 0.2) is 6.10 Å². The van der Waals surface area contributed by atoms with Gasteiger partial charge in [-0.1, -0.05) is 17.7 Å². The predicted molar refractivity (Wildman–Crippen MR) is 97.0 cm³/mol. The second-order valence-electron chi connectivity index (χ2n) is 5.83. The Balaban J connectivity index is 1.65. The lowest BCUT2D eigenvalue weighted by molar-refractivity contribution is -0.127. The van der Waals surface area contributed by atoms with Gasteiger partial charge in [0.2, 0.25) is 0 Å². The first-order valence-electron chi connectivity index (χ1n) is 7.87. The molecule has 0 aliphatic rings. The molecule has 7 heteroatoms. The molecule has 2 aromatic carbocycles. The van der Waals surface area contributed by atoms with Crippen molar-refractivity contribution in [2.24, 2.45) is 0 Å². The molecule has 0 saturated heterocycles. The van der Waals surface area contributed by atoms with Gasteiger partial charge in [-0.15, -0.1) is 0 Å². The third kappa shape index (κ3) is 4.03. The number of nitrogens with one attached hydrogen (secondary N) is 3. The van der Waals surface area contributed by atoms with Crippen molar-refractivity contribution in [1.29, 1.82) is 0 Å². The summed E-state index contributed by atoms with van der Waals surface area (Å²) in [5.41, 5.74) is 2.06. The quantitative estimate of drug-likeness (QED) is 0.654. The largest absolute Gasteiger partial charge is 0.481 e. The van der Waals surface area contributed by atoms with E-state index in [-0.39, 0.29) is 17.6 Å². The van der Waals surface area contributed by atoms with Gasteiger partial charge in [0.05, 0.1) is 17.1 Å². The van der Waals surface area contributed by atoms with E-state index in [1.807, 2.05) is 19.1 Å². The zero-order chi connectivity index (χ0) is 18.0. The number of carbonyl (C=O) groups is 1. The molecular weight excluding hydrogens is 342 g/mol. The molecule has 2 unspecified atom stereocenters. The zero-order valence-electron chi connectivity index (χ0n) is 13.8. The Morgan fingerprint density at radius 3 is 2.48 bits per heavy atom. The van der Waals surface area contributed by atoms with Crippen LogP contribution in [0.15, 0.2) is 47.3 Å². The molecule has 2 atom stereocenters. The molecule has 1 amide bonds. The van der Waals surface area contributed by atoms with Gasteiger partial charge in [-0.2, -0.15) is 0 Å². The number of benzene rings is 2. The molecule has 130 valence electrons. The second kappa shape index (κ2) is 7.03. The molecule has 3 rings (SSSR count). The lowest BCUT2D eigenvalue weighted by atomic mass is 10.1. The van der Waals surface area contributed by atoms with Crippen LogP contribution in [0.5, 0.6) is 5.75 Å². The van der Waals surface area contributed by atoms with Crippen LogP contribution >= 0.6 is 11.6 Å². The molecule has 25 heavy (non-hydrogen) atoms. The lowest BCUT2D eigenvalue weighted by Crippen LogP contribution is -2.37. The first kappa shape index (κ1) is 17.1. The van der Waals surface area contributed by atoms with Crippen molar-refractivity contribution < 1.29 is 9.53 Å². The Hall–Kier alpha value is -2.73. The molecule has 1 heterocycles.